The topological polar surface area (TPSA) is 109 Å². The van der Waals surface area contributed by atoms with Gasteiger partial charge in [0, 0.05) is 18.8 Å². The van der Waals surface area contributed by atoms with Crippen LogP contribution in [0.25, 0.3) is 0 Å². The Hall–Kier alpha value is -1.39. The molecular weight excluding hydrogens is 323 g/mol. The molecule has 1 aromatic heterocycles. The number of carboxylic acids is 1. The number of aliphatic carboxylic acids is 1. The van der Waals surface area contributed by atoms with E-state index >= 15 is 0 Å². The number of thioether (sulfide) groups is 1. The van der Waals surface area contributed by atoms with Crippen LogP contribution in [0.4, 0.5) is 13.2 Å². The number of carbonyl (C=O) groups is 1. The van der Waals surface area contributed by atoms with Gasteiger partial charge in [-0.15, -0.1) is 0 Å². The third-order valence-corrected chi connectivity index (χ3v) is 3.92. The standard InChI is InChI=1S/C12H16F3N3O3S/c13-12(14,15)11(21,10-17-4-1-5-18-10)3-7-22-6-2-8(16)9(19)20/h1,4-5,8,21H,2-3,6-7,16H2,(H,19,20). The Labute approximate surface area is 128 Å². The van der Waals surface area contributed by atoms with Gasteiger partial charge in [0.25, 0.3) is 0 Å². The third kappa shape index (κ3) is 4.82. The van der Waals surface area contributed by atoms with Crippen molar-refractivity contribution in [3.05, 3.63) is 24.3 Å². The van der Waals surface area contributed by atoms with Gasteiger partial charge in [0.1, 0.15) is 6.04 Å². The van der Waals surface area contributed by atoms with Crippen LogP contribution in [0.3, 0.4) is 0 Å². The number of alkyl halides is 3. The molecule has 2 atom stereocenters. The molecule has 0 aliphatic heterocycles. The highest BCUT2D eigenvalue weighted by Crippen LogP contribution is 2.40. The number of hydrogen-bond donors (Lipinski definition) is 3. The summed E-state index contributed by atoms with van der Waals surface area (Å²) in [5.41, 5.74) is 2.15. The molecule has 124 valence electrons. The lowest BCUT2D eigenvalue weighted by Crippen LogP contribution is -2.44. The van der Waals surface area contributed by atoms with Crippen LogP contribution in [0.5, 0.6) is 0 Å². The molecule has 0 aromatic carbocycles. The van der Waals surface area contributed by atoms with Crippen molar-refractivity contribution in [1.29, 1.82) is 0 Å². The minimum atomic E-state index is -4.91. The van der Waals surface area contributed by atoms with Crippen LogP contribution in [0, 0.1) is 0 Å². The predicted molar refractivity (Wildman–Crippen MR) is 74.2 cm³/mol. The van der Waals surface area contributed by atoms with E-state index in [1.807, 2.05) is 0 Å². The van der Waals surface area contributed by atoms with Crippen molar-refractivity contribution in [2.75, 3.05) is 11.5 Å². The molecule has 0 aliphatic carbocycles. The van der Waals surface area contributed by atoms with Crippen LogP contribution >= 0.6 is 11.8 Å². The fourth-order valence-electron chi connectivity index (χ4n) is 1.55. The molecule has 1 aromatic rings. The van der Waals surface area contributed by atoms with Gasteiger partial charge in [0.2, 0.25) is 5.60 Å². The highest BCUT2D eigenvalue weighted by molar-refractivity contribution is 7.99. The second-order valence-electron chi connectivity index (χ2n) is 4.53. The fourth-order valence-corrected chi connectivity index (χ4v) is 2.61. The maximum Gasteiger partial charge on any atom is 0.424 e. The lowest BCUT2D eigenvalue weighted by Gasteiger charge is -2.28. The predicted octanol–water partition coefficient (Wildman–Crippen LogP) is 1.15. The lowest BCUT2D eigenvalue weighted by atomic mass is 9.99. The van der Waals surface area contributed by atoms with E-state index in [0.717, 1.165) is 24.2 Å². The van der Waals surface area contributed by atoms with Crippen molar-refractivity contribution in [3.63, 3.8) is 0 Å². The zero-order valence-corrected chi connectivity index (χ0v) is 12.3. The zero-order chi connectivity index (χ0) is 16.8. The minimum absolute atomic E-state index is 0.0411. The van der Waals surface area contributed by atoms with Crippen LogP contribution in [0.2, 0.25) is 0 Å². The molecule has 0 saturated heterocycles. The molecule has 10 heteroatoms. The van der Waals surface area contributed by atoms with Crippen molar-refractivity contribution < 1.29 is 28.2 Å². The molecule has 0 bridgehead atoms. The second kappa shape index (κ2) is 7.75. The van der Waals surface area contributed by atoms with Gasteiger partial charge in [-0.2, -0.15) is 24.9 Å². The molecule has 6 nitrogen and oxygen atoms in total. The zero-order valence-electron chi connectivity index (χ0n) is 11.5. The molecule has 0 amide bonds. The van der Waals surface area contributed by atoms with E-state index in [1.54, 1.807) is 0 Å². The molecule has 1 heterocycles. The molecule has 0 aliphatic rings. The lowest BCUT2D eigenvalue weighted by molar-refractivity contribution is -0.270. The maximum absolute atomic E-state index is 13.1. The Morgan fingerprint density at radius 2 is 1.91 bits per heavy atom. The van der Waals surface area contributed by atoms with Gasteiger partial charge < -0.3 is 15.9 Å². The van der Waals surface area contributed by atoms with E-state index < -0.39 is 36.0 Å². The Morgan fingerprint density at radius 1 is 1.32 bits per heavy atom. The Kier molecular flexibility index (Phi) is 6.57. The van der Waals surface area contributed by atoms with Crippen molar-refractivity contribution in [3.8, 4) is 0 Å². The first-order valence-corrected chi connectivity index (χ1v) is 7.46. The number of hydrogen-bond acceptors (Lipinski definition) is 6. The van der Waals surface area contributed by atoms with Crippen molar-refractivity contribution in [2.24, 2.45) is 5.73 Å². The summed E-state index contributed by atoms with van der Waals surface area (Å²) >= 11 is 1.08. The summed E-state index contributed by atoms with van der Waals surface area (Å²) in [6.07, 6.45) is -3.16. The van der Waals surface area contributed by atoms with Gasteiger partial charge in [-0.1, -0.05) is 0 Å². The maximum atomic E-state index is 13.1. The molecule has 0 spiro atoms. The van der Waals surface area contributed by atoms with Gasteiger partial charge in [-0.25, -0.2) is 9.97 Å². The summed E-state index contributed by atoms with van der Waals surface area (Å²) in [4.78, 5) is 17.5. The van der Waals surface area contributed by atoms with Gasteiger partial charge >= 0.3 is 12.1 Å². The fraction of sp³-hybridized carbons (Fsp3) is 0.583. The first kappa shape index (κ1) is 18.7. The largest absolute Gasteiger partial charge is 0.480 e. The number of nitrogens with zero attached hydrogens (tertiary/aromatic N) is 2. The van der Waals surface area contributed by atoms with Crippen LogP contribution in [0.15, 0.2) is 18.5 Å². The third-order valence-electron chi connectivity index (χ3n) is 2.90. The number of aliphatic hydroxyl groups is 1. The monoisotopic (exact) mass is 339 g/mol. The van der Waals surface area contributed by atoms with Crippen molar-refractivity contribution >= 4 is 17.7 Å². The molecule has 0 fully saturated rings. The van der Waals surface area contributed by atoms with Crippen LogP contribution in [-0.2, 0) is 10.4 Å². The summed E-state index contributed by atoms with van der Waals surface area (Å²) in [7, 11) is 0. The van der Waals surface area contributed by atoms with Crippen LogP contribution < -0.4 is 5.73 Å². The highest BCUT2D eigenvalue weighted by Gasteiger charge is 2.56. The van der Waals surface area contributed by atoms with E-state index in [2.05, 4.69) is 9.97 Å². The van der Waals surface area contributed by atoms with Crippen molar-refractivity contribution in [2.45, 2.75) is 30.7 Å². The van der Waals surface area contributed by atoms with Gasteiger partial charge in [0.05, 0.1) is 0 Å². The molecule has 22 heavy (non-hydrogen) atoms. The van der Waals surface area contributed by atoms with Gasteiger partial charge in [-0.05, 0) is 24.0 Å². The molecule has 2 unspecified atom stereocenters. The van der Waals surface area contributed by atoms with Crippen molar-refractivity contribution in [1.82, 2.24) is 9.97 Å². The number of nitrogens with two attached hydrogens (primary N) is 1. The summed E-state index contributed by atoms with van der Waals surface area (Å²) in [5.74, 6) is -1.63. The number of halogens is 3. The number of carboxylic acid groups (broad SMARTS) is 1. The van der Waals surface area contributed by atoms with E-state index in [9.17, 15) is 23.1 Å². The molecule has 4 N–H and O–H groups in total. The number of rotatable bonds is 8. The quantitative estimate of drug-likeness (QED) is 0.610. The average Bonchev–Trinajstić information content (AvgIpc) is 2.46. The molecule has 1 rings (SSSR count). The normalized spacial score (nSPS) is 16.0. The van der Waals surface area contributed by atoms with Gasteiger partial charge in [-0.3, -0.25) is 4.79 Å². The summed E-state index contributed by atoms with van der Waals surface area (Å²) in [6.45, 7) is 0. The number of aromatic nitrogens is 2. The first-order valence-electron chi connectivity index (χ1n) is 6.31. The van der Waals surface area contributed by atoms with E-state index in [1.165, 1.54) is 6.07 Å². The van der Waals surface area contributed by atoms with Gasteiger partial charge in [0.15, 0.2) is 5.82 Å². The van der Waals surface area contributed by atoms with Crippen LogP contribution in [0.1, 0.15) is 18.7 Å². The Bertz CT molecular complexity index is 489. The molecule has 0 saturated carbocycles. The van der Waals surface area contributed by atoms with E-state index in [-0.39, 0.29) is 17.9 Å². The SMILES string of the molecule is NC(CCSCCC(O)(c1ncccn1)C(F)(F)F)C(=O)O. The van der Waals surface area contributed by atoms with E-state index in [0.29, 0.717) is 0 Å². The van der Waals surface area contributed by atoms with E-state index in [4.69, 9.17) is 10.8 Å². The molecular formula is C12H16F3N3O3S. The Balaban J connectivity index is 2.60. The summed E-state index contributed by atoms with van der Waals surface area (Å²) < 4.78 is 39.3. The van der Waals surface area contributed by atoms with Crippen LogP contribution in [-0.4, -0.2) is 49.9 Å². The smallest absolute Gasteiger partial charge is 0.424 e. The summed E-state index contributed by atoms with van der Waals surface area (Å²) in [6, 6.07) is 0.300. The summed E-state index contributed by atoms with van der Waals surface area (Å²) in [5, 5.41) is 18.5. The molecule has 0 radical (unpaired) electrons. The average molecular weight is 339 g/mol. The highest BCUT2D eigenvalue weighted by atomic mass is 32.2. The first-order chi connectivity index (χ1) is 10.2. The Morgan fingerprint density at radius 3 is 2.41 bits per heavy atom. The minimum Gasteiger partial charge on any atom is -0.480 e. The second-order valence-corrected chi connectivity index (χ2v) is 5.75.